The lowest BCUT2D eigenvalue weighted by molar-refractivity contribution is -0.00329. The van der Waals surface area contributed by atoms with E-state index in [1.807, 2.05) is 0 Å². The summed E-state index contributed by atoms with van der Waals surface area (Å²) >= 11 is 0. The van der Waals surface area contributed by atoms with Gasteiger partial charge >= 0.3 is 0 Å². The Labute approximate surface area is 106 Å². The molecule has 2 saturated carbocycles. The van der Waals surface area contributed by atoms with Crippen LogP contribution in [0, 0.1) is 5.41 Å². The number of likely N-dealkylation sites (N-methyl/N-ethyl adjacent to an activating group) is 1. The van der Waals surface area contributed by atoms with E-state index in [1.165, 1.54) is 44.9 Å². The van der Waals surface area contributed by atoms with Gasteiger partial charge in [0.15, 0.2) is 0 Å². The van der Waals surface area contributed by atoms with Crippen LogP contribution in [0.1, 0.15) is 65.2 Å². The van der Waals surface area contributed by atoms with Gasteiger partial charge in [-0.05, 0) is 51.0 Å². The summed E-state index contributed by atoms with van der Waals surface area (Å²) in [6.07, 6.45) is 9.93. The second kappa shape index (κ2) is 5.27. The first kappa shape index (κ1) is 13.4. The molecule has 17 heavy (non-hydrogen) atoms. The van der Waals surface area contributed by atoms with E-state index < -0.39 is 0 Å². The molecule has 2 heteroatoms. The van der Waals surface area contributed by atoms with Gasteiger partial charge in [0.1, 0.15) is 0 Å². The average molecular weight is 239 g/mol. The van der Waals surface area contributed by atoms with Gasteiger partial charge in [-0.25, -0.2) is 0 Å². The maximum atomic E-state index is 10.1. The first-order valence-electron chi connectivity index (χ1n) is 7.40. The number of aliphatic hydroxyl groups excluding tert-OH is 1. The fourth-order valence-electron chi connectivity index (χ4n) is 3.63. The van der Waals surface area contributed by atoms with Crippen molar-refractivity contribution in [2.75, 3.05) is 7.05 Å². The Balaban J connectivity index is 1.89. The van der Waals surface area contributed by atoms with Crippen LogP contribution in [0.25, 0.3) is 0 Å². The monoisotopic (exact) mass is 239 g/mol. The van der Waals surface area contributed by atoms with E-state index in [-0.39, 0.29) is 6.10 Å². The Morgan fingerprint density at radius 3 is 2.18 bits per heavy atom. The molecule has 0 unspecified atom stereocenters. The van der Waals surface area contributed by atoms with Crippen LogP contribution in [0.2, 0.25) is 0 Å². The van der Waals surface area contributed by atoms with Crippen molar-refractivity contribution < 1.29 is 5.11 Å². The van der Waals surface area contributed by atoms with Crippen molar-refractivity contribution >= 4 is 0 Å². The molecule has 0 spiro atoms. The van der Waals surface area contributed by atoms with Crippen molar-refractivity contribution in [3.63, 3.8) is 0 Å². The summed E-state index contributed by atoms with van der Waals surface area (Å²) in [5, 5.41) is 10.1. The summed E-state index contributed by atoms with van der Waals surface area (Å²) in [6.45, 7) is 4.78. The van der Waals surface area contributed by atoms with Gasteiger partial charge in [0.2, 0.25) is 0 Å². The highest BCUT2D eigenvalue weighted by molar-refractivity contribution is 4.89. The summed E-state index contributed by atoms with van der Waals surface area (Å²) in [7, 11) is 2.24. The topological polar surface area (TPSA) is 23.5 Å². The zero-order valence-corrected chi connectivity index (χ0v) is 11.8. The Morgan fingerprint density at radius 2 is 1.59 bits per heavy atom. The first-order chi connectivity index (χ1) is 7.99. The van der Waals surface area contributed by atoms with Gasteiger partial charge in [0.25, 0.3) is 0 Å². The Kier molecular flexibility index (Phi) is 4.14. The number of hydrogen-bond acceptors (Lipinski definition) is 2. The maximum absolute atomic E-state index is 10.1. The summed E-state index contributed by atoms with van der Waals surface area (Å²) in [5.74, 6) is 0. The van der Waals surface area contributed by atoms with E-state index in [0.717, 1.165) is 6.42 Å². The van der Waals surface area contributed by atoms with Gasteiger partial charge in [-0.1, -0.05) is 26.7 Å². The summed E-state index contributed by atoms with van der Waals surface area (Å²) in [4.78, 5) is 2.50. The molecule has 0 aromatic rings. The Bertz CT molecular complexity index is 241. The molecular weight excluding hydrogens is 210 g/mol. The van der Waals surface area contributed by atoms with E-state index in [2.05, 4.69) is 25.8 Å². The number of nitrogens with zero attached hydrogens (tertiary/aromatic N) is 1. The highest BCUT2D eigenvalue weighted by Gasteiger charge is 2.34. The van der Waals surface area contributed by atoms with E-state index in [0.29, 0.717) is 17.5 Å². The third kappa shape index (κ3) is 3.23. The fourth-order valence-corrected chi connectivity index (χ4v) is 3.63. The van der Waals surface area contributed by atoms with Crippen LogP contribution >= 0.6 is 0 Å². The van der Waals surface area contributed by atoms with E-state index in [4.69, 9.17) is 0 Å². The van der Waals surface area contributed by atoms with Crippen molar-refractivity contribution in [3.05, 3.63) is 0 Å². The van der Waals surface area contributed by atoms with Crippen molar-refractivity contribution in [2.24, 2.45) is 5.41 Å². The van der Waals surface area contributed by atoms with Crippen molar-refractivity contribution in [2.45, 2.75) is 83.4 Å². The molecule has 2 fully saturated rings. The second-order valence-corrected chi connectivity index (χ2v) is 6.98. The van der Waals surface area contributed by atoms with Gasteiger partial charge in [-0.15, -0.1) is 0 Å². The highest BCUT2D eigenvalue weighted by Crippen LogP contribution is 2.38. The van der Waals surface area contributed by atoms with Crippen LogP contribution in [0.4, 0.5) is 0 Å². The lowest BCUT2D eigenvalue weighted by atomic mass is 9.75. The van der Waals surface area contributed by atoms with E-state index in [1.54, 1.807) is 0 Å². The molecule has 0 radical (unpaired) electrons. The standard InChI is InChI=1S/C15H29NO/c1-15(2)10-8-12(9-11-15)16(3)13-6-4-5-7-14(13)17/h12-14,17H,4-11H2,1-3H3/t13-,14-/m1/s1. The third-order valence-corrected chi connectivity index (χ3v) is 5.10. The van der Waals surface area contributed by atoms with Crippen LogP contribution in [0.5, 0.6) is 0 Å². The number of rotatable bonds is 2. The zero-order chi connectivity index (χ0) is 12.5. The first-order valence-corrected chi connectivity index (χ1v) is 7.40. The summed E-state index contributed by atoms with van der Waals surface area (Å²) in [6, 6.07) is 1.13. The van der Waals surface area contributed by atoms with E-state index in [9.17, 15) is 5.11 Å². The highest BCUT2D eigenvalue weighted by atomic mass is 16.3. The quantitative estimate of drug-likeness (QED) is 0.800. The molecule has 0 amide bonds. The van der Waals surface area contributed by atoms with Gasteiger partial charge in [0, 0.05) is 12.1 Å². The second-order valence-electron chi connectivity index (χ2n) is 6.98. The van der Waals surface area contributed by atoms with Crippen molar-refractivity contribution in [3.8, 4) is 0 Å². The molecule has 0 bridgehead atoms. The molecule has 0 heterocycles. The van der Waals surface area contributed by atoms with Crippen LogP contribution < -0.4 is 0 Å². The van der Waals surface area contributed by atoms with Crippen LogP contribution in [0.3, 0.4) is 0 Å². The molecule has 100 valence electrons. The van der Waals surface area contributed by atoms with Crippen LogP contribution in [-0.4, -0.2) is 35.2 Å². The molecule has 2 nitrogen and oxygen atoms in total. The third-order valence-electron chi connectivity index (χ3n) is 5.10. The number of aliphatic hydroxyl groups is 1. The molecule has 2 aliphatic carbocycles. The lowest BCUT2D eigenvalue weighted by Crippen LogP contribution is -2.49. The fraction of sp³-hybridized carbons (Fsp3) is 1.00. The largest absolute Gasteiger partial charge is 0.391 e. The minimum Gasteiger partial charge on any atom is -0.391 e. The average Bonchev–Trinajstić information content (AvgIpc) is 2.29. The molecule has 0 saturated heterocycles. The Morgan fingerprint density at radius 1 is 1.00 bits per heavy atom. The molecule has 0 aromatic heterocycles. The van der Waals surface area contributed by atoms with Crippen LogP contribution in [-0.2, 0) is 0 Å². The SMILES string of the molecule is CN(C1CCC(C)(C)CC1)[C@@H]1CCCC[C@H]1O. The van der Waals surface area contributed by atoms with Gasteiger partial charge in [0.05, 0.1) is 6.10 Å². The molecule has 0 aliphatic heterocycles. The molecule has 1 N–H and O–H groups in total. The predicted octanol–water partition coefficient (Wildman–Crippen LogP) is 3.19. The van der Waals surface area contributed by atoms with Gasteiger partial charge < -0.3 is 5.11 Å². The number of hydrogen-bond donors (Lipinski definition) is 1. The molecule has 2 atom stereocenters. The maximum Gasteiger partial charge on any atom is 0.0695 e. The van der Waals surface area contributed by atoms with Crippen molar-refractivity contribution in [1.29, 1.82) is 0 Å². The van der Waals surface area contributed by atoms with Gasteiger partial charge in [-0.2, -0.15) is 0 Å². The predicted molar refractivity (Wildman–Crippen MR) is 72.1 cm³/mol. The minimum absolute atomic E-state index is 0.0799. The van der Waals surface area contributed by atoms with Crippen molar-refractivity contribution in [1.82, 2.24) is 4.90 Å². The Hall–Kier alpha value is -0.0800. The molecule has 2 aliphatic rings. The normalized spacial score (nSPS) is 35.1. The van der Waals surface area contributed by atoms with E-state index >= 15 is 0 Å². The summed E-state index contributed by atoms with van der Waals surface area (Å²) < 4.78 is 0. The molecule has 2 rings (SSSR count). The molecular formula is C15H29NO. The minimum atomic E-state index is -0.0799. The smallest absolute Gasteiger partial charge is 0.0695 e. The lowest BCUT2D eigenvalue weighted by Gasteiger charge is -2.44. The summed E-state index contributed by atoms with van der Waals surface area (Å²) in [5.41, 5.74) is 0.544. The van der Waals surface area contributed by atoms with Crippen LogP contribution in [0.15, 0.2) is 0 Å². The zero-order valence-electron chi connectivity index (χ0n) is 11.8. The molecule has 0 aromatic carbocycles. The van der Waals surface area contributed by atoms with Gasteiger partial charge in [-0.3, -0.25) is 4.90 Å².